The van der Waals surface area contributed by atoms with Gasteiger partial charge in [-0.05, 0) is 23.3 Å². The molecule has 0 aliphatic heterocycles. The predicted molar refractivity (Wildman–Crippen MR) is 62.5 cm³/mol. The van der Waals surface area contributed by atoms with Crippen molar-refractivity contribution in [2.75, 3.05) is 0 Å². The quantitative estimate of drug-likeness (QED) is 0.794. The van der Waals surface area contributed by atoms with E-state index in [0.29, 0.717) is 0 Å². The summed E-state index contributed by atoms with van der Waals surface area (Å²) in [4.78, 5) is 11.1. The zero-order valence-corrected chi connectivity index (χ0v) is 8.71. The third-order valence-electron chi connectivity index (χ3n) is 2.52. The molecule has 2 rings (SSSR count). The highest BCUT2D eigenvalue weighted by Crippen LogP contribution is 2.24. The van der Waals surface area contributed by atoms with Crippen LogP contribution in [0.15, 0.2) is 54.6 Å². The van der Waals surface area contributed by atoms with Crippen molar-refractivity contribution in [1.29, 1.82) is 0 Å². The summed E-state index contributed by atoms with van der Waals surface area (Å²) < 4.78 is 0. The van der Waals surface area contributed by atoms with Crippen molar-refractivity contribution in [3.63, 3.8) is 0 Å². The van der Waals surface area contributed by atoms with Gasteiger partial charge in [-0.2, -0.15) is 0 Å². The van der Waals surface area contributed by atoms with Crippen LogP contribution in [0.2, 0.25) is 0 Å². The van der Waals surface area contributed by atoms with Crippen LogP contribution in [-0.2, 0) is 4.79 Å². The molecule has 2 nitrogen and oxygen atoms in total. The van der Waals surface area contributed by atoms with Crippen LogP contribution >= 0.6 is 0 Å². The normalized spacial score (nSPS) is 12.0. The Morgan fingerprint density at radius 1 is 0.938 bits per heavy atom. The molecule has 1 N–H and O–H groups in total. The summed E-state index contributed by atoms with van der Waals surface area (Å²) in [7, 11) is 0. The van der Waals surface area contributed by atoms with Gasteiger partial charge in [0.05, 0.1) is 5.92 Å². The van der Waals surface area contributed by atoms with Gasteiger partial charge in [0.2, 0.25) is 0 Å². The van der Waals surface area contributed by atoms with Gasteiger partial charge in [-0.15, -0.1) is 0 Å². The maximum Gasteiger partial charge on any atom is 0.131 e. The highest BCUT2D eigenvalue weighted by atomic mass is 16.3. The Morgan fingerprint density at radius 3 is 2.25 bits per heavy atom. The summed E-state index contributed by atoms with van der Waals surface area (Å²) in [5.41, 5.74) is 1.74. The van der Waals surface area contributed by atoms with Crippen LogP contribution in [0, 0.1) is 0 Å². The van der Waals surface area contributed by atoms with Crippen LogP contribution in [0.25, 0.3) is 0 Å². The number of carbonyl (C=O) groups excluding carboxylic acids is 1. The minimum Gasteiger partial charge on any atom is -0.508 e. The Kier molecular flexibility index (Phi) is 3.01. The van der Waals surface area contributed by atoms with Gasteiger partial charge in [0.25, 0.3) is 0 Å². The number of phenols is 1. The van der Waals surface area contributed by atoms with Gasteiger partial charge >= 0.3 is 0 Å². The van der Waals surface area contributed by atoms with Crippen molar-refractivity contribution in [3.8, 4) is 5.75 Å². The first-order valence-electron chi connectivity index (χ1n) is 5.10. The molecule has 0 radical (unpaired) electrons. The van der Waals surface area contributed by atoms with Crippen LogP contribution in [-0.4, -0.2) is 11.4 Å². The van der Waals surface area contributed by atoms with E-state index < -0.39 is 0 Å². The van der Waals surface area contributed by atoms with Crippen LogP contribution in [0.1, 0.15) is 17.0 Å². The maximum absolute atomic E-state index is 11.1. The van der Waals surface area contributed by atoms with Gasteiger partial charge in [0.15, 0.2) is 0 Å². The van der Waals surface area contributed by atoms with Crippen LogP contribution in [0.3, 0.4) is 0 Å². The summed E-state index contributed by atoms with van der Waals surface area (Å²) in [6, 6.07) is 16.3. The molecule has 0 aromatic heterocycles. The van der Waals surface area contributed by atoms with Crippen molar-refractivity contribution in [1.82, 2.24) is 0 Å². The van der Waals surface area contributed by atoms with E-state index in [1.165, 1.54) is 0 Å². The lowest BCUT2D eigenvalue weighted by atomic mass is 9.93. The minimum absolute atomic E-state index is 0.181. The molecule has 2 heteroatoms. The lowest BCUT2D eigenvalue weighted by Crippen LogP contribution is -2.01. The molecule has 1 unspecified atom stereocenters. The van der Waals surface area contributed by atoms with Crippen LogP contribution in [0.4, 0.5) is 0 Å². The molecule has 1 atom stereocenters. The van der Waals surface area contributed by atoms with Gasteiger partial charge in [-0.3, -0.25) is 0 Å². The number of hydrogen-bond donors (Lipinski definition) is 1. The molecule has 0 aliphatic rings. The molecule has 0 bridgehead atoms. The highest BCUT2D eigenvalue weighted by Gasteiger charge is 2.12. The molecule has 0 heterocycles. The summed E-state index contributed by atoms with van der Waals surface area (Å²) >= 11 is 0. The molecule has 2 aromatic rings. The Labute approximate surface area is 94.2 Å². The van der Waals surface area contributed by atoms with E-state index in [1.807, 2.05) is 36.4 Å². The van der Waals surface area contributed by atoms with E-state index in [2.05, 4.69) is 0 Å². The summed E-state index contributed by atoms with van der Waals surface area (Å²) in [6.45, 7) is 0. The van der Waals surface area contributed by atoms with E-state index >= 15 is 0 Å². The largest absolute Gasteiger partial charge is 0.508 e. The highest BCUT2D eigenvalue weighted by molar-refractivity contribution is 5.68. The zero-order valence-electron chi connectivity index (χ0n) is 8.71. The average molecular weight is 212 g/mol. The summed E-state index contributed by atoms with van der Waals surface area (Å²) in [5, 5.41) is 9.39. The molecule has 0 fully saturated rings. The smallest absolute Gasteiger partial charge is 0.131 e. The predicted octanol–water partition coefficient (Wildman–Crippen LogP) is 2.72. The van der Waals surface area contributed by atoms with Crippen LogP contribution < -0.4 is 0 Å². The average Bonchev–Trinajstić information content (AvgIpc) is 2.31. The van der Waals surface area contributed by atoms with Crippen LogP contribution in [0.5, 0.6) is 5.75 Å². The van der Waals surface area contributed by atoms with E-state index in [9.17, 15) is 9.90 Å². The van der Waals surface area contributed by atoms with Crippen molar-refractivity contribution in [2.45, 2.75) is 5.92 Å². The lowest BCUT2D eigenvalue weighted by molar-refractivity contribution is -0.108. The second kappa shape index (κ2) is 4.62. The maximum atomic E-state index is 11.1. The molecule has 16 heavy (non-hydrogen) atoms. The minimum atomic E-state index is -0.312. The van der Waals surface area contributed by atoms with Crippen molar-refractivity contribution >= 4 is 6.29 Å². The third-order valence-corrected chi connectivity index (χ3v) is 2.52. The monoisotopic (exact) mass is 212 g/mol. The number of phenolic OH excluding ortho intramolecular Hbond substituents is 1. The first kappa shape index (κ1) is 10.4. The molecular formula is C14H12O2. The number of carbonyl (C=O) groups is 1. The molecule has 2 aromatic carbocycles. The molecule has 80 valence electrons. The van der Waals surface area contributed by atoms with Gasteiger partial charge in [0, 0.05) is 0 Å². The fourth-order valence-corrected chi connectivity index (χ4v) is 1.73. The number of aromatic hydroxyl groups is 1. The first-order chi connectivity index (χ1) is 7.81. The summed E-state index contributed by atoms with van der Waals surface area (Å²) in [5.74, 6) is -0.131. The van der Waals surface area contributed by atoms with E-state index in [0.717, 1.165) is 17.4 Å². The van der Waals surface area contributed by atoms with E-state index in [4.69, 9.17) is 0 Å². The first-order valence-corrected chi connectivity index (χ1v) is 5.10. The SMILES string of the molecule is O=CC(c1ccccc1)c1cccc(O)c1. The topological polar surface area (TPSA) is 37.3 Å². The Morgan fingerprint density at radius 2 is 1.62 bits per heavy atom. The molecule has 0 saturated carbocycles. The van der Waals surface area contributed by atoms with Crippen molar-refractivity contribution in [2.24, 2.45) is 0 Å². The second-order valence-corrected chi connectivity index (χ2v) is 3.62. The Balaban J connectivity index is 2.41. The molecule has 0 saturated heterocycles. The Bertz CT molecular complexity index is 477. The van der Waals surface area contributed by atoms with Gasteiger partial charge in [0.1, 0.15) is 12.0 Å². The van der Waals surface area contributed by atoms with E-state index in [-0.39, 0.29) is 11.7 Å². The zero-order chi connectivity index (χ0) is 11.4. The number of rotatable bonds is 3. The van der Waals surface area contributed by atoms with Gasteiger partial charge < -0.3 is 9.90 Å². The molecule has 0 aliphatic carbocycles. The van der Waals surface area contributed by atoms with Crippen molar-refractivity contribution in [3.05, 3.63) is 65.7 Å². The molecule has 0 amide bonds. The Hall–Kier alpha value is -2.09. The number of aldehydes is 1. The summed E-state index contributed by atoms with van der Waals surface area (Å²) in [6.07, 6.45) is 0.893. The van der Waals surface area contributed by atoms with Crippen molar-refractivity contribution < 1.29 is 9.90 Å². The number of benzene rings is 2. The molecule has 0 spiro atoms. The van der Waals surface area contributed by atoms with Gasteiger partial charge in [-0.1, -0.05) is 42.5 Å². The van der Waals surface area contributed by atoms with E-state index in [1.54, 1.807) is 18.2 Å². The lowest BCUT2D eigenvalue weighted by Gasteiger charge is -2.11. The second-order valence-electron chi connectivity index (χ2n) is 3.62. The fourth-order valence-electron chi connectivity index (χ4n) is 1.73. The third kappa shape index (κ3) is 2.11. The van der Waals surface area contributed by atoms with Gasteiger partial charge in [-0.25, -0.2) is 0 Å². The standard InChI is InChI=1S/C14H12O2/c15-10-14(11-5-2-1-3-6-11)12-7-4-8-13(16)9-12/h1-10,14,16H. The molecular weight excluding hydrogens is 200 g/mol. The fraction of sp³-hybridized carbons (Fsp3) is 0.0714. The number of hydrogen-bond acceptors (Lipinski definition) is 2.